The summed E-state index contributed by atoms with van der Waals surface area (Å²) in [6.45, 7) is 10.6. The predicted octanol–water partition coefficient (Wildman–Crippen LogP) is 2.03. The number of nitrogens with one attached hydrogen (secondary N) is 2. The predicted molar refractivity (Wildman–Crippen MR) is 85.4 cm³/mol. The van der Waals surface area contributed by atoms with Gasteiger partial charge in [-0.2, -0.15) is 4.98 Å². The third kappa shape index (κ3) is 6.83. The second kappa shape index (κ2) is 7.15. The van der Waals surface area contributed by atoms with Crippen LogP contribution in [0.4, 0.5) is 11.5 Å². The molecular formula is C15H26N4O2. The Morgan fingerprint density at radius 3 is 2.62 bits per heavy atom. The topological polar surface area (TPSA) is 89.3 Å². The maximum atomic E-state index is 11.7. The van der Waals surface area contributed by atoms with Gasteiger partial charge >= 0.3 is 0 Å². The molecule has 0 unspecified atom stereocenters. The van der Waals surface area contributed by atoms with Crippen LogP contribution in [0.25, 0.3) is 0 Å². The Bertz CT molecular complexity index is 481. The van der Waals surface area contributed by atoms with Crippen LogP contribution in [0.5, 0.6) is 5.88 Å². The zero-order valence-electron chi connectivity index (χ0n) is 13.5. The largest absolute Gasteiger partial charge is 0.476 e. The first-order valence-electron chi connectivity index (χ1n) is 7.11. The van der Waals surface area contributed by atoms with Gasteiger partial charge in [0.1, 0.15) is 5.82 Å². The Morgan fingerprint density at radius 1 is 1.38 bits per heavy atom. The van der Waals surface area contributed by atoms with Crippen molar-refractivity contribution < 1.29 is 9.53 Å². The lowest BCUT2D eigenvalue weighted by atomic mass is 10.1. The molecule has 1 rings (SSSR count). The first kappa shape index (κ1) is 17.1. The summed E-state index contributed by atoms with van der Waals surface area (Å²) < 4.78 is 5.55. The molecule has 21 heavy (non-hydrogen) atoms. The standard InChI is InChI=1S/C15H26N4O2/c1-10(2)9-21-14-11(16)6-7-12(18-14)17-8-13(20)19-15(3,4)5/h6-7,10H,8-9,16H2,1-5H3,(H,17,18)(H,19,20). The highest BCUT2D eigenvalue weighted by molar-refractivity contribution is 5.81. The molecule has 0 atom stereocenters. The lowest BCUT2D eigenvalue weighted by Gasteiger charge is -2.20. The molecule has 0 radical (unpaired) electrons. The molecule has 0 spiro atoms. The Hall–Kier alpha value is -1.98. The lowest BCUT2D eigenvalue weighted by molar-refractivity contribution is -0.120. The number of pyridine rings is 1. The van der Waals surface area contributed by atoms with E-state index < -0.39 is 0 Å². The molecule has 1 aromatic heterocycles. The number of nitrogens with zero attached hydrogens (tertiary/aromatic N) is 1. The van der Waals surface area contributed by atoms with E-state index in [-0.39, 0.29) is 18.0 Å². The maximum absolute atomic E-state index is 11.7. The number of carbonyl (C=O) groups excluding carboxylic acids is 1. The lowest BCUT2D eigenvalue weighted by Crippen LogP contribution is -2.43. The van der Waals surface area contributed by atoms with Crippen LogP contribution in [-0.2, 0) is 4.79 Å². The Labute approximate surface area is 126 Å². The summed E-state index contributed by atoms with van der Waals surface area (Å²) in [4.78, 5) is 16.0. The van der Waals surface area contributed by atoms with Gasteiger partial charge in [-0.05, 0) is 38.8 Å². The minimum absolute atomic E-state index is 0.0919. The van der Waals surface area contributed by atoms with Crippen molar-refractivity contribution in [2.75, 3.05) is 24.2 Å². The number of carbonyl (C=O) groups is 1. The van der Waals surface area contributed by atoms with E-state index in [0.29, 0.717) is 29.9 Å². The zero-order chi connectivity index (χ0) is 16.0. The molecule has 1 heterocycles. The van der Waals surface area contributed by atoms with Crippen molar-refractivity contribution in [1.29, 1.82) is 0 Å². The fourth-order valence-corrected chi connectivity index (χ4v) is 1.54. The highest BCUT2D eigenvalue weighted by Crippen LogP contribution is 2.21. The SMILES string of the molecule is CC(C)COc1nc(NCC(=O)NC(C)(C)C)ccc1N. The number of amides is 1. The third-order valence-electron chi connectivity index (χ3n) is 2.39. The minimum atomic E-state index is -0.251. The van der Waals surface area contributed by atoms with E-state index in [1.54, 1.807) is 12.1 Å². The van der Waals surface area contributed by atoms with Crippen LogP contribution in [0.1, 0.15) is 34.6 Å². The zero-order valence-corrected chi connectivity index (χ0v) is 13.5. The quantitative estimate of drug-likeness (QED) is 0.747. The summed E-state index contributed by atoms with van der Waals surface area (Å²) in [6, 6.07) is 3.44. The molecule has 0 aliphatic rings. The second-order valence-corrected chi connectivity index (χ2v) is 6.45. The van der Waals surface area contributed by atoms with Gasteiger partial charge in [-0.25, -0.2) is 0 Å². The molecule has 1 aromatic rings. The highest BCUT2D eigenvalue weighted by Gasteiger charge is 2.13. The number of nitrogens with two attached hydrogens (primary N) is 1. The number of anilines is 2. The summed E-state index contributed by atoms with van der Waals surface area (Å²) >= 11 is 0. The van der Waals surface area contributed by atoms with Gasteiger partial charge in [0, 0.05) is 5.54 Å². The summed E-state index contributed by atoms with van der Waals surface area (Å²) in [5.74, 6) is 1.25. The molecule has 0 saturated carbocycles. The fraction of sp³-hybridized carbons (Fsp3) is 0.600. The van der Waals surface area contributed by atoms with Crippen LogP contribution < -0.4 is 21.1 Å². The summed E-state index contributed by atoms with van der Waals surface area (Å²) in [5.41, 5.74) is 6.06. The number of hydrogen-bond acceptors (Lipinski definition) is 5. The van der Waals surface area contributed by atoms with Crippen LogP contribution in [0, 0.1) is 5.92 Å². The normalized spacial score (nSPS) is 11.3. The first-order valence-corrected chi connectivity index (χ1v) is 7.11. The van der Waals surface area contributed by atoms with Crippen LogP contribution in [0.15, 0.2) is 12.1 Å². The monoisotopic (exact) mass is 294 g/mol. The smallest absolute Gasteiger partial charge is 0.239 e. The summed E-state index contributed by atoms with van der Waals surface area (Å²) in [6.07, 6.45) is 0. The number of hydrogen-bond donors (Lipinski definition) is 3. The van der Waals surface area contributed by atoms with E-state index in [9.17, 15) is 4.79 Å². The number of nitrogen functional groups attached to an aromatic ring is 1. The van der Waals surface area contributed by atoms with Crippen molar-refractivity contribution in [1.82, 2.24) is 10.3 Å². The molecule has 4 N–H and O–H groups in total. The van der Waals surface area contributed by atoms with Crippen LogP contribution in [0.3, 0.4) is 0 Å². The molecule has 6 heteroatoms. The molecule has 0 aliphatic heterocycles. The fourth-order valence-electron chi connectivity index (χ4n) is 1.54. The molecule has 0 bridgehead atoms. The molecule has 6 nitrogen and oxygen atoms in total. The van der Waals surface area contributed by atoms with Crippen molar-refractivity contribution in [3.63, 3.8) is 0 Å². The van der Waals surface area contributed by atoms with Crippen LogP contribution in [-0.4, -0.2) is 29.6 Å². The van der Waals surface area contributed by atoms with Gasteiger partial charge in [-0.15, -0.1) is 0 Å². The summed E-state index contributed by atoms with van der Waals surface area (Å²) in [7, 11) is 0. The van der Waals surface area contributed by atoms with E-state index in [1.807, 2.05) is 20.8 Å². The van der Waals surface area contributed by atoms with Gasteiger partial charge in [-0.3, -0.25) is 4.79 Å². The van der Waals surface area contributed by atoms with Gasteiger partial charge in [-0.1, -0.05) is 13.8 Å². The molecular weight excluding hydrogens is 268 g/mol. The van der Waals surface area contributed by atoms with E-state index in [2.05, 4.69) is 29.5 Å². The van der Waals surface area contributed by atoms with Crippen LogP contribution in [0.2, 0.25) is 0 Å². The number of ether oxygens (including phenoxy) is 1. The second-order valence-electron chi connectivity index (χ2n) is 6.45. The molecule has 0 fully saturated rings. The Kier molecular flexibility index (Phi) is 5.81. The van der Waals surface area contributed by atoms with E-state index in [1.165, 1.54) is 0 Å². The van der Waals surface area contributed by atoms with Gasteiger partial charge in [0.05, 0.1) is 18.8 Å². The van der Waals surface area contributed by atoms with Crippen molar-refractivity contribution in [2.45, 2.75) is 40.2 Å². The number of rotatable bonds is 6. The van der Waals surface area contributed by atoms with Crippen molar-refractivity contribution in [2.24, 2.45) is 5.92 Å². The van der Waals surface area contributed by atoms with E-state index in [4.69, 9.17) is 10.5 Å². The van der Waals surface area contributed by atoms with Gasteiger partial charge in [0.2, 0.25) is 11.8 Å². The first-order chi connectivity index (χ1) is 9.67. The molecule has 0 aromatic carbocycles. The highest BCUT2D eigenvalue weighted by atomic mass is 16.5. The molecule has 0 aliphatic carbocycles. The van der Waals surface area contributed by atoms with Crippen LogP contribution >= 0.6 is 0 Å². The van der Waals surface area contributed by atoms with E-state index >= 15 is 0 Å². The van der Waals surface area contributed by atoms with Crippen molar-refractivity contribution in [3.05, 3.63) is 12.1 Å². The average molecular weight is 294 g/mol. The van der Waals surface area contributed by atoms with Gasteiger partial charge in [0.15, 0.2) is 0 Å². The van der Waals surface area contributed by atoms with Gasteiger partial charge in [0.25, 0.3) is 0 Å². The van der Waals surface area contributed by atoms with Crippen molar-refractivity contribution >= 4 is 17.4 Å². The molecule has 1 amide bonds. The summed E-state index contributed by atoms with van der Waals surface area (Å²) in [5, 5.41) is 5.83. The maximum Gasteiger partial charge on any atom is 0.239 e. The minimum Gasteiger partial charge on any atom is -0.476 e. The van der Waals surface area contributed by atoms with E-state index in [0.717, 1.165) is 0 Å². The van der Waals surface area contributed by atoms with Gasteiger partial charge < -0.3 is 21.1 Å². The Balaban J connectivity index is 2.60. The Morgan fingerprint density at radius 2 is 2.05 bits per heavy atom. The average Bonchev–Trinajstić information content (AvgIpc) is 2.34. The third-order valence-corrected chi connectivity index (χ3v) is 2.39. The molecule has 118 valence electrons. The van der Waals surface area contributed by atoms with Crippen molar-refractivity contribution in [3.8, 4) is 5.88 Å². The molecule has 0 saturated heterocycles. The number of aromatic nitrogens is 1.